The largest absolute Gasteiger partial charge is 0.480 e. The number of carboxylic acids is 1. The van der Waals surface area contributed by atoms with E-state index in [1.165, 1.54) is 116 Å². The molecule has 3 unspecified atom stereocenters. The van der Waals surface area contributed by atoms with Crippen LogP contribution in [0, 0.1) is 0 Å². The van der Waals surface area contributed by atoms with E-state index >= 15 is 0 Å². The summed E-state index contributed by atoms with van der Waals surface area (Å²) in [7, 11) is -4.61. The van der Waals surface area contributed by atoms with Crippen LogP contribution in [0.25, 0.3) is 0 Å². The van der Waals surface area contributed by atoms with E-state index in [0.29, 0.717) is 13.0 Å². The first-order chi connectivity index (χ1) is 27.2. The van der Waals surface area contributed by atoms with Gasteiger partial charge in [0.25, 0.3) is 0 Å². The number of aliphatic carboxylic acids is 1. The van der Waals surface area contributed by atoms with E-state index < -0.39 is 45.1 Å². The Kier molecular flexibility index (Phi) is 40.0. The Morgan fingerprint density at radius 3 is 1.54 bits per heavy atom. The lowest BCUT2D eigenvalue weighted by molar-refractivity contribution is -0.154. The highest BCUT2D eigenvalue weighted by molar-refractivity contribution is 7.47. The van der Waals surface area contributed by atoms with Crippen molar-refractivity contribution in [2.75, 3.05) is 26.4 Å². The summed E-state index contributed by atoms with van der Waals surface area (Å²) in [5, 5.41) is 8.89. The average Bonchev–Trinajstić information content (AvgIpc) is 3.18. The molecule has 0 saturated carbocycles. The molecular weight excluding hydrogens is 729 g/mol. The number of hydrogen-bond donors (Lipinski definition) is 3. The molecule has 0 aromatic rings. The Morgan fingerprint density at radius 1 is 0.571 bits per heavy atom. The van der Waals surface area contributed by atoms with Gasteiger partial charge >= 0.3 is 19.8 Å². The van der Waals surface area contributed by atoms with Gasteiger partial charge in [-0.2, -0.15) is 0 Å². The van der Waals surface area contributed by atoms with Crippen LogP contribution in [0.3, 0.4) is 0 Å². The fraction of sp³-hybridized carbons (Fsp3) is 0.822. The first-order valence-corrected chi connectivity index (χ1v) is 24.0. The Bertz CT molecular complexity index is 1040. The number of carbonyl (C=O) groups is 2. The summed E-state index contributed by atoms with van der Waals surface area (Å²) in [6, 6.07) is -1.47. The van der Waals surface area contributed by atoms with Crippen molar-refractivity contribution in [3.05, 3.63) is 36.5 Å². The molecule has 328 valence electrons. The van der Waals surface area contributed by atoms with Gasteiger partial charge in [-0.25, -0.2) is 4.57 Å². The molecule has 0 aliphatic rings. The zero-order valence-corrected chi connectivity index (χ0v) is 36.6. The van der Waals surface area contributed by atoms with E-state index in [1.54, 1.807) is 0 Å². The van der Waals surface area contributed by atoms with E-state index in [9.17, 15) is 19.0 Å². The second-order valence-electron chi connectivity index (χ2n) is 15.2. The van der Waals surface area contributed by atoms with E-state index in [1.807, 2.05) is 0 Å². The first kappa shape index (κ1) is 54.2. The van der Waals surface area contributed by atoms with E-state index in [4.69, 9.17) is 29.4 Å². The van der Waals surface area contributed by atoms with Gasteiger partial charge in [-0.3, -0.25) is 18.6 Å². The van der Waals surface area contributed by atoms with Crippen molar-refractivity contribution in [1.82, 2.24) is 0 Å². The van der Waals surface area contributed by atoms with Crippen LogP contribution in [0.1, 0.15) is 200 Å². The number of ether oxygens (including phenoxy) is 2. The molecule has 11 heteroatoms. The molecule has 0 aliphatic heterocycles. The lowest BCUT2D eigenvalue weighted by Gasteiger charge is -2.20. The van der Waals surface area contributed by atoms with Crippen molar-refractivity contribution in [2.24, 2.45) is 5.73 Å². The normalized spacial score (nSPS) is 14.2. The van der Waals surface area contributed by atoms with Gasteiger partial charge in [-0.15, -0.1) is 0 Å². The summed E-state index contributed by atoms with van der Waals surface area (Å²) < 4.78 is 33.3. The number of rotatable bonds is 43. The molecule has 0 aromatic heterocycles. The summed E-state index contributed by atoms with van der Waals surface area (Å²) in [5.41, 5.74) is 5.35. The second kappa shape index (κ2) is 41.4. The fourth-order valence-corrected chi connectivity index (χ4v) is 6.89. The predicted molar refractivity (Wildman–Crippen MR) is 231 cm³/mol. The fourth-order valence-electron chi connectivity index (χ4n) is 6.11. The summed E-state index contributed by atoms with van der Waals surface area (Å²) >= 11 is 0. The summed E-state index contributed by atoms with van der Waals surface area (Å²) in [6.45, 7) is 3.81. The highest BCUT2D eigenvalue weighted by Crippen LogP contribution is 2.43. The number of phosphoric ester groups is 1. The van der Waals surface area contributed by atoms with Crippen LogP contribution in [0.15, 0.2) is 36.5 Å². The summed E-state index contributed by atoms with van der Waals surface area (Å²) in [6.07, 6.45) is 46.3. The zero-order valence-electron chi connectivity index (χ0n) is 35.7. The van der Waals surface area contributed by atoms with E-state index in [-0.39, 0.29) is 13.0 Å². The van der Waals surface area contributed by atoms with Gasteiger partial charge in [-0.1, -0.05) is 166 Å². The van der Waals surface area contributed by atoms with Gasteiger partial charge in [-0.05, 0) is 64.2 Å². The molecule has 0 aliphatic carbocycles. The average molecular weight is 814 g/mol. The number of carboxylic acid groups (broad SMARTS) is 1. The van der Waals surface area contributed by atoms with Gasteiger partial charge in [0.05, 0.1) is 19.8 Å². The lowest BCUT2D eigenvalue weighted by Crippen LogP contribution is -2.34. The Balaban J connectivity index is 4.12. The third-order valence-electron chi connectivity index (χ3n) is 9.62. The highest BCUT2D eigenvalue weighted by atomic mass is 31.2. The topological polar surface area (TPSA) is 155 Å². The molecule has 0 rings (SSSR count). The maximum atomic E-state index is 12.6. The van der Waals surface area contributed by atoms with Crippen molar-refractivity contribution in [3.63, 3.8) is 0 Å². The molecule has 0 fully saturated rings. The van der Waals surface area contributed by atoms with Gasteiger partial charge < -0.3 is 25.2 Å². The minimum absolute atomic E-state index is 0.0126. The van der Waals surface area contributed by atoms with Crippen LogP contribution in [-0.2, 0) is 32.7 Å². The minimum atomic E-state index is -4.61. The summed E-state index contributed by atoms with van der Waals surface area (Å²) in [4.78, 5) is 33.5. The molecule has 0 radical (unpaired) electrons. The minimum Gasteiger partial charge on any atom is -0.480 e. The molecule has 0 bridgehead atoms. The van der Waals surface area contributed by atoms with Crippen molar-refractivity contribution >= 4 is 19.8 Å². The number of allylic oxidation sites excluding steroid dienone is 6. The Morgan fingerprint density at radius 2 is 1.02 bits per heavy atom. The first-order valence-electron chi connectivity index (χ1n) is 22.5. The standard InChI is InChI=1S/C45H84NO9P/c1-3-5-7-9-11-13-15-16-17-18-19-20-21-22-23-24-25-26-27-29-31-33-35-37-44(47)55-42(40-53-56(50,51)54-41-43(46)45(48)49)39-52-38-36-34-32-30-28-14-12-10-8-6-4-2/h8,10,15-16,18-19,42-43H,3-7,9,11-14,17,20-41,46H2,1-2H3,(H,48,49)(H,50,51)/b10-8-,16-15-,19-18-. The van der Waals surface area contributed by atoms with Crippen molar-refractivity contribution in [2.45, 2.75) is 212 Å². The van der Waals surface area contributed by atoms with Crippen molar-refractivity contribution in [3.8, 4) is 0 Å². The third-order valence-corrected chi connectivity index (χ3v) is 10.6. The van der Waals surface area contributed by atoms with Crippen molar-refractivity contribution < 1.29 is 42.7 Å². The molecule has 3 atom stereocenters. The number of nitrogens with two attached hydrogens (primary N) is 1. The lowest BCUT2D eigenvalue weighted by atomic mass is 10.0. The van der Waals surface area contributed by atoms with Crippen LogP contribution < -0.4 is 5.73 Å². The maximum Gasteiger partial charge on any atom is 0.472 e. The Hall–Kier alpha value is -1.81. The van der Waals surface area contributed by atoms with Crippen LogP contribution in [0.4, 0.5) is 0 Å². The molecule has 0 heterocycles. The number of carbonyl (C=O) groups excluding carboxylic acids is 1. The molecule has 56 heavy (non-hydrogen) atoms. The van der Waals surface area contributed by atoms with Gasteiger partial charge in [0.2, 0.25) is 0 Å². The number of esters is 1. The van der Waals surface area contributed by atoms with Crippen LogP contribution in [0.5, 0.6) is 0 Å². The van der Waals surface area contributed by atoms with E-state index in [2.05, 4.69) is 50.3 Å². The third kappa shape index (κ3) is 40.4. The number of unbranched alkanes of at least 4 members (excludes halogenated alkanes) is 23. The predicted octanol–water partition coefficient (Wildman–Crippen LogP) is 12.5. The zero-order chi connectivity index (χ0) is 41.2. The smallest absolute Gasteiger partial charge is 0.472 e. The van der Waals surface area contributed by atoms with Gasteiger partial charge in [0.15, 0.2) is 0 Å². The quantitative estimate of drug-likeness (QED) is 0.0234. The van der Waals surface area contributed by atoms with Gasteiger partial charge in [0.1, 0.15) is 12.1 Å². The van der Waals surface area contributed by atoms with Gasteiger partial charge in [0, 0.05) is 13.0 Å². The van der Waals surface area contributed by atoms with Crippen molar-refractivity contribution in [1.29, 1.82) is 0 Å². The molecule has 4 N–H and O–H groups in total. The maximum absolute atomic E-state index is 12.6. The molecule has 0 saturated heterocycles. The SMILES string of the molecule is CCC/C=C\CCCCCCCCOCC(COP(=O)(O)OCC(N)C(=O)O)OC(=O)CCCCCCCCCCCCC/C=C\C/C=C\CCCCCCC. The molecule has 10 nitrogen and oxygen atoms in total. The van der Waals surface area contributed by atoms with Crippen LogP contribution >= 0.6 is 7.82 Å². The Labute approximate surface area is 342 Å². The number of phosphoric acid groups is 1. The van der Waals surface area contributed by atoms with Crippen LogP contribution in [-0.4, -0.2) is 60.5 Å². The molecule has 0 spiro atoms. The highest BCUT2D eigenvalue weighted by Gasteiger charge is 2.27. The molecule has 0 aromatic carbocycles. The summed E-state index contributed by atoms with van der Waals surface area (Å²) in [5.74, 6) is -1.78. The van der Waals surface area contributed by atoms with E-state index in [0.717, 1.165) is 57.8 Å². The molecular formula is C45H84NO9P. The van der Waals surface area contributed by atoms with Crippen LogP contribution in [0.2, 0.25) is 0 Å². The number of hydrogen-bond acceptors (Lipinski definition) is 8. The monoisotopic (exact) mass is 814 g/mol. The molecule has 0 amide bonds. The second-order valence-corrected chi connectivity index (χ2v) is 16.6.